The summed E-state index contributed by atoms with van der Waals surface area (Å²) in [4.78, 5) is 9.92. The summed E-state index contributed by atoms with van der Waals surface area (Å²) in [5.74, 6) is 0.853. The van der Waals surface area contributed by atoms with Crippen LogP contribution in [0.1, 0.15) is 5.01 Å². The molecule has 0 aliphatic rings. The molecule has 0 bridgehead atoms. The fourth-order valence-electron chi connectivity index (χ4n) is 2.07. The van der Waals surface area contributed by atoms with E-state index < -0.39 is 0 Å². The number of hydrogen-bond acceptors (Lipinski definition) is 4. The van der Waals surface area contributed by atoms with E-state index in [-0.39, 0.29) is 0 Å². The van der Waals surface area contributed by atoms with Crippen LogP contribution in [-0.2, 0) is 0 Å². The summed E-state index contributed by atoms with van der Waals surface area (Å²) >= 11 is 1.70. The van der Waals surface area contributed by atoms with Gasteiger partial charge in [0.15, 0.2) is 0 Å². The first-order chi connectivity index (χ1) is 9.78. The Bertz CT molecular complexity index is 705. The SMILES string of the molecule is COc1ccc(-c2nc(C)sc2-c2ccncc2)cc1. The van der Waals surface area contributed by atoms with E-state index in [1.807, 2.05) is 55.7 Å². The Balaban J connectivity index is 2.09. The summed E-state index contributed by atoms with van der Waals surface area (Å²) in [6, 6.07) is 12.0. The van der Waals surface area contributed by atoms with Gasteiger partial charge in [0.2, 0.25) is 0 Å². The van der Waals surface area contributed by atoms with E-state index in [2.05, 4.69) is 9.97 Å². The summed E-state index contributed by atoms with van der Waals surface area (Å²) in [6.45, 7) is 2.03. The van der Waals surface area contributed by atoms with Crippen LogP contribution in [0.25, 0.3) is 21.7 Å². The van der Waals surface area contributed by atoms with Gasteiger partial charge < -0.3 is 4.74 Å². The second-order valence-corrected chi connectivity index (χ2v) is 5.58. The summed E-state index contributed by atoms with van der Waals surface area (Å²) in [7, 11) is 1.67. The van der Waals surface area contributed by atoms with Crippen molar-refractivity contribution in [1.29, 1.82) is 0 Å². The van der Waals surface area contributed by atoms with E-state index in [1.165, 1.54) is 4.88 Å². The van der Waals surface area contributed by atoms with Crippen LogP contribution in [0, 0.1) is 6.92 Å². The second kappa shape index (κ2) is 5.43. The topological polar surface area (TPSA) is 35.0 Å². The lowest BCUT2D eigenvalue weighted by Crippen LogP contribution is -1.85. The maximum atomic E-state index is 5.20. The van der Waals surface area contributed by atoms with E-state index in [1.54, 1.807) is 18.4 Å². The minimum absolute atomic E-state index is 0.853. The molecular weight excluding hydrogens is 268 g/mol. The Morgan fingerprint density at radius 2 is 1.65 bits per heavy atom. The van der Waals surface area contributed by atoms with E-state index in [9.17, 15) is 0 Å². The molecule has 0 unspecified atom stereocenters. The first-order valence-electron chi connectivity index (χ1n) is 6.30. The number of ether oxygens (including phenoxy) is 1. The van der Waals surface area contributed by atoms with Crippen molar-refractivity contribution in [2.24, 2.45) is 0 Å². The van der Waals surface area contributed by atoms with Gasteiger partial charge in [-0.2, -0.15) is 0 Å². The molecule has 3 aromatic rings. The van der Waals surface area contributed by atoms with Gasteiger partial charge in [-0.15, -0.1) is 11.3 Å². The fraction of sp³-hybridized carbons (Fsp3) is 0.125. The summed E-state index contributed by atoms with van der Waals surface area (Å²) in [5.41, 5.74) is 3.26. The number of methoxy groups -OCH3 is 1. The van der Waals surface area contributed by atoms with E-state index in [0.717, 1.165) is 27.6 Å². The van der Waals surface area contributed by atoms with Crippen molar-refractivity contribution in [3.8, 4) is 27.4 Å². The van der Waals surface area contributed by atoms with Crippen molar-refractivity contribution < 1.29 is 4.74 Å². The van der Waals surface area contributed by atoms with Gasteiger partial charge in [0, 0.05) is 18.0 Å². The van der Waals surface area contributed by atoms with Crippen molar-refractivity contribution in [2.75, 3.05) is 7.11 Å². The molecule has 3 rings (SSSR count). The zero-order chi connectivity index (χ0) is 13.9. The highest BCUT2D eigenvalue weighted by Crippen LogP contribution is 2.36. The van der Waals surface area contributed by atoms with Gasteiger partial charge in [-0.3, -0.25) is 4.98 Å². The molecule has 2 aromatic heterocycles. The highest BCUT2D eigenvalue weighted by molar-refractivity contribution is 7.15. The molecule has 3 nitrogen and oxygen atoms in total. The molecule has 0 atom stereocenters. The third-order valence-electron chi connectivity index (χ3n) is 3.04. The van der Waals surface area contributed by atoms with Crippen molar-refractivity contribution in [3.63, 3.8) is 0 Å². The number of pyridine rings is 1. The minimum atomic E-state index is 0.853. The second-order valence-electron chi connectivity index (χ2n) is 4.38. The number of benzene rings is 1. The minimum Gasteiger partial charge on any atom is -0.497 e. The summed E-state index contributed by atoms with van der Waals surface area (Å²) < 4.78 is 5.20. The third-order valence-corrected chi connectivity index (χ3v) is 4.06. The highest BCUT2D eigenvalue weighted by Gasteiger charge is 2.13. The standard InChI is InChI=1S/C16H14N2OS/c1-11-18-15(12-3-5-14(19-2)6-4-12)16(20-11)13-7-9-17-10-8-13/h3-10H,1-2H3. The van der Waals surface area contributed by atoms with Gasteiger partial charge in [-0.05, 0) is 48.9 Å². The number of nitrogens with zero attached hydrogens (tertiary/aromatic N) is 2. The average molecular weight is 282 g/mol. The lowest BCUT2D eigenvalue weighted by Gasteiger charge is -2.04. The Morgan fingerprint density at radius 3 is 2.30 bits per heavy atom. The van der Waals surface area contributed by atoms with Gasteiger partial charge in [0.1, 0.15) is 5.75 Å². The number of hydrogen-bond donors (Lipinski definition) is 0. The Labute approximate surface area is 121 Å². The quantitative estimate of drug-likeness (QED) is 0.722. The molecule has 2 heterocycles. The van der Waals surface area contributed by atoms with Crippen LogP contribution < -0.4 is 4.74 Å². The zero-order valence-electron chi connectivity index (χ0n) is 11.3. The normalized spacial score (nSPS) is 10.5. The maximum Gasteiger partial charge on any atom is 0.118 e. The Morgan fingerprint density at radius 1 is 0.950 bits per heavy atom. The van der Waals surface area contributed by atoms with Crippen molar-refractivity contribution in [1.82, 2.24) is 9.97 Å². The van der Waals surface area contributed by atoms with Crippen LogP contribution in [0.5, 0.6) is 5.75 Å². The van der Waals surface area contributed by atoms with Crippen LogP contribution in [0.4, 0.5) is 0 Å². The molecule has 0 aliphatic carbocycles. The van der Waals surface area contributed by atoms with Gasteiger partial charge >= 0.3 is 0 Å². The van der Waals surface area contributed by atoms with Crippen LogP contribution in [0.3, 0.4) is 0 Å². The number of aryl methyl sites for hydroxylation is 1. The molecule has 20 heavy (non-hydrogen) atoms. The molecule has 0 amide bonds. The molecule has 0 saturated carbocycles. The maximum absolute atomic E-state index is 5.20. The van der Waals surface area contributed by atoms with Crippen molar-refractivity contribution >= 4 is 11.3 Å². The smallest absolute Gasteiger partial charge is 0.118 e. The molecule has 0 spiro atoms. The molecule has 4 heteroatoms. The first kappa shape index (κ1) is 12.8. The van der Waals surface area contributed by atoms with Gasteiger partial charge in [0.25, 0.3) is 0 Å². The van der Waals surface area contributed by atoms with Crippen molar-refractivity contribution in [2.45, 2.75) is 6.92 Å². The predicted molar refractivity (Wildman–Crippen MR) is 82.1 cm³/mol. The summed E-state index contributed by atoms with van der Waals surface area (Å²) in [5, 5.41) is 1.06. The van der Waals surface area contributed by atoms with Crippen LogP contribution in [-0.4, -0.2) is 17.1 Å². The van der Waals surface area contributed by atoms with Crippen LogP contribution in [0.2, 0.25) is 0 Å². The third kappa shape index (κ3) is 2.42. The van der Waals surface area contributed by atoms with Crippen LogP contribution in [0.15, 0.2) is 48.8 Å². The lowest BCUT2D eigenvalue weighted by atomic mass is 10.1. The summed E-state index contributed by atoms with van der Waals surface area (Å²) in [6.07, 6.45) is 3.62. The zero-order valence-corrected chi connectivity index (χ0v) is 12.1. The molecular formula is C16H14N2OS. The molecule has 1 aromatic carbocycles. The van der Waals surface area contributed by atoms with Crippen LogP contribution >= 0.6 is 11.3 Å². The monoisotopic (exact) mass is 282 g/mol. The molecule has 0 N–H and O–H groups in total. The largest absolute Gasteiger partial charge is 0.497 e. The van der Waals surface area contributed by atoms with E-state index in [4.69, 9.17) is 4.74 Å². The predicted octanol–water partition coefficient (Wildman–Crippen LogP) is 4.19. The molecule has 0 radical (unpaired) electrons. The van der Waals surface area contributed by atoms with Crippen molar-refractivity contribution in [3.05, 3.63) is 53.8 Å². The number of rotatable bonds is 3. The van der Waals surface area contributed by atoms with E-state index in [0.29, 0.717) is 0 Å². The Kier molecular flexibility index (Phi) is 3.48. The van der Waals surface area contributed by atoms with Gasteiger partial charge in [-0.1, -0.05) is 0 Å². The highest BCUT2D eigenvalue weighted by atomic mass is 32.1. The van der Waals surface area contributed by atoms with E-state index >= 15 is 0 Å². The molecule has 0 saturated heterocycles. The van der Waals surface area contributed by atoms with Gasteiger partial charge in [0.05, 0.1) is 22.7 Å². The average Bonchev–Trinajstić information content (AvgIpc) is 2.90. The number of thiazole rings is 1. The Hall–Kier alpha value is -2.20. The van der Waals surface area contributed by atoms with Gasteiger partial charge in [-0.25, -0.2) is 4.98 Å². The first-order valence-corrected chi connectivity index (χ1v) is 7.12. The lowest BCUT2D eigenvalue weighted by molar-refractivity contribution is 0.415. The number of aromatic nitrogens is 2. The molecule has 0 fully saturated rings. The molecule has 100 valence electrons. The fourth-order valence-corrected chi connectivity index (χ4v) is 3.02. The molecule has 0 aliphatic heterocycles.